The summed E-state index contributed by atoms with van der Waals surface area (Å²) in [7, 11) is 0. The highest BCUT2D eigenvalue weighted by molar-refractivity contribution is 6.25. The largest absolute Gasteiger partial charge is 0.308 e. The minimum atomic E-state index is 1.22. The zero-order valence-corrected chi connectivity index (χ0v) is 26.8. The fourth-order valence-electron chi connectivity index (χ4n) is 7.73. The number of hydrogen-bond donors (Lipinski definition) is 0. The molecule has 2 heterocycles. The van der Waals surface area contributed by atoms with Gasteiger partial charge in [0.25, 0.3) is 0 Å². The van der Waals surface area contributed by atoms with E-state index in [1.807, 2.05) is 0 Å². The van der Waals surface area contributed by atoms with Crippen molar-refractivity contribution in [3.63, 3.8) is 0 Å². The average molecular weight is 622 g/mol. The molecule has 1 heteroatoms. The average Bonchev–Trinajstić information content (AvgIpc) is 3.70. The lowest BCUT2D eigenvalue weighted by Crippen LogP contribution is -1.87. The van der Waals surface area contributed by atoms with E-state index >= 15 is 0 Å². The van der Waals surface area contributed by atoms with Crippen LogP contribution >= 0.6 is 0 Å². The maximum Gasteiger partial charge on any atom is 0.0620 e. The fourth-order valence-corrected chi connectivity index (χ4v) is 7.73. The van der Waals surface area contributed by atoms with Crippen LogP contribution in [-0.4, -0.2) is 4.40 Å². The summed E-state index contributed by atoms with van der Waals surface area (Å²) < 4.78 is 2.48. The molecule has 0 fully saturated rings. The zero-order chi connectivity index (χ0) is 32.3. The standard InChI is InChI=1S/C48H31N/c1-5-13-32(14-6-1)36-21-23-46-42(28-36)44-30-41(35-19-11-4-12-20-35)31-45-43-29-37(22-24-47(43)49(46)48(44)45)40-26-38(33-15-7-2-8-16-33)25-39(27-40)34-17-9-3-10-18-34/h1-31H. The first-order valence-electron chi connectivity index (χ1n) is 16.9. The molecule has 10 rings (SSSR count). The van der Waals surface area contributed by atoms with Crippen molar-refractivity contribution in [1.82, 2.24) is 4.40 Å². The van der Waals surface area contributed by atoms with Crippen molar-refractivity contribution < 1.29 is 0 Å². The van der Waals surface area contributed by atoms with Gasteiger partial charge in [-0.2, -0.15) is 0 Å². The summed E-state index contributed by atoms with van der Waals surface area (Å²) in [6, 6.07) is 68.7. The van der Waals surface area contributed by atoms with Gasteiger partial charge in [0.05, 0.1) is 16.6 Å². The Labute approximate surface area is 285 Å². The summed E-state index contributed by atoms with van der Waals surface area (Å²) in [4.78, 5) is 0. The van der Waals surface area contributed by atoms with Crippen molar-refractivity contribution in [2.45, 2.75) is 0 Å². The minimum absolute atomic E-state index is 1.22. The van der Waals surface area contributed by atoms with E-state index < -0.39 is 0 Å². The molecule has 2 aromatic heterocycles. The van der Waals surface area contributed by atoms with E-state index in [2.05, 4.69) is 192 Å². The van der Waals surface area contributed by atoms with E-state index in [-0.39, 0.29) is 0 Å². The van der Waals surface area contributed by atoms with Gasteiger partial charge in [-0.15, -0.1) is 0 Å². The number of hydrogen-bond acceptors (Lipinski definition) is 0. The van der Waals surface area contributed by atoms with Crippen molar-refractivity contribution in [2.75, 3.05) is 0 Å². The fraction of sp³-hybridized carbons (Fsp3) is 0. The molecule has 1 nitrogen and oxygen atoms in total. The summed E-state index contributed by atoms with van der Waals surface area (Å²) in [6.07, 6.45) is 0. The molecular formula is C48H31N. The molecule has 228 valence electrons. The second-order valence-corrected chi connectivity index (χ2v) is 13.0. The molecule has 0 amide bonds. The van der Waals surface area contributed by atoms with Crippen LogP contribution in [0.4, 0.5) is 0 Å². The normalized spacial score (nSPS) is 11.7. The highest BCUT2D eigenvalue weighted by Crippen LogP contribution is 2.44. The first-order valence-corrected chi connectivity index (χ1v) is 16.9. The predicted octanol–water partition coefficient (Wildman–Crippen LogP) is 13.2. The first-order chi connectivity index (χ1) is 24.3. The van der Waals surface area contributed by atoms with E-state index in [0.717, 1.165) is 0 Å². The van der Waals surface area contributed by atoms with Crippen LogP contribution in [0.15, 0.2) is 188 Å². The van der Waals surface area contributed by atoms with Gasteiger partial charge in [-0.25, -0.2) is 0 Å². The van der Waals surface area contributed by atoms with Gasteiger partial charge in [0, 0.05) is 21.5 Å². The molecule has 0 aliphatic carbocycles. The molecule has 0 N–H and O–H groups in total. The lowest BCUT2D eigenvalue weighted by Gasteiger charge is -2.12. The third-order valence-electron chi connectivity index (χ3n) is 10.1. The third-order valence-corrected chi connectivity index (χ3v) is 10.1. The van der Waals surface area contributed by atoms with Gasteiger partial charge < -0.3 is 4.40 Å². The molecule has 0 aliphatic heterocycles. The Hall–Kier alpha value is -6.44. The van der Waals surface area contributed by atoms with Gasteiger partial charge >= 0.3 is 0 Å². The van der Waals surface area contributed by atoms with Gasteiger partial charge in [-0.05, 0) is 110 Å². The second kappa shape index (κ2) is 11.1. The Morgan fingerprint density at radius 2 is 0.531 bits per heavy atom. The van der Waals surface area contributed by atoms with E-state index in [9.17, 15) is 0 Å². The van der Waals surface area contributed by atoms with Crippen LogP contribution in [0.5, 0.6) is 0 Å². The Balaban J connectivity index is 1.24. The molecule has 8 aromatic carbocycles. The van der Waals surface area contributed by atoms with Crippen LogP contribution in [0.2, 0.25) is 0 Å². The molecule has 0 saturated carbocycles. The number of benzene rings is 8. The Bertz CT molecular complexity index is 2720. The molecule has 10 aromatic rings. The molecule has 49 heavy (non-hydrogen) atoms. The zero-order valence-electron chi connectivity index (χ0n) is 26.8. The van der Waals surface area contributed by atoms with Gasteiger partial charge in [-0.1, -0.05) is 133 Å². The number of nitrogens with zero attached hydrogens (tertiary/aromatic N) is 1. The van der Waals surface area contributed by atoms with E-state index in [0.29, 0.717) is 0 Å². The van der Waals surface area contributed by atoms with E-state index in [1.165, 1.54) is 93.7 Å². The lowest BCUT2D eigenvalue weighted by atomic mass is 9.92. The summed E-state index contributed by atoms with van der Waals surface area (Å²) in [5.41, 5.74) is 16.0. The van der Waals surface area contributed by atoms with Gasteiger partial charge in [0.2, 0.25) is 0 Å². The lowest BCUT2D eigenvalue weighted by molar-refractivity contribution is 1.37. The molecule has 0 unspecified atom stereocenters. The van der Waals surface area contributed by atoms with Crippen molar-refractivity contribution in [2.24, 2.45) is 0 Å². The summed E-state index contributed by atoms with van der Waals surface area (Å²) >= 11 is 0. The van der Waals surface area contributed by atoms with Crippen LogP contribution in [0.3, 0.4) is 0 Å². The van der Waals surface area contributed by atoms with Crippen LogP contribution in [0, 0.1) is 0 Å². The molecular weight excluding hydrogens is 591 g/mol. The monoisotopic (exact) mass is 621 g/mol. The quantitative estimate of drug-likeness (QED) is 0.180. The number of rotatable bonds is 5. The minimum Gasteiger partial charge on any atom is -0.308 e. The topological polar surface area (TPSA) is 4.41 Å². The summed E-state index contributed by atoms with van der Waals surface area (Å²) in [5, 5.41) is 5.14. The predicted molar refractivity (Wildman–Crippen MR) is 208 cm³/mol. The SMILES string of the molecule is c1ccc(-c2cc(-c3ccccc3)cc(-c3ccc4c(c3)c3cc(-c5ccccc5)cc5c6cc(-c7ccccc7)ccc6n4c53)c2)cc1. The Kier molecular flexibility index (Phi) is 6.25. The van der Waals surface area contributed by atoms with Crippen LogP contribution in [-0.2, 0) is 0 Å². The maximum atomic E-state index is 2.48. The summed E-state index contributed by atoms with van der Waals surface area (Å²) in [5.74, 6) is 0. The molecule has 0 bridgehead atoms. The molecule has 0 aliphatic rings. The molecule has 0 atom stereocenters. The Morgan fingerprint density at radius 3 is 0.939 bits per heavy atom. The maximum absolute atomic E-state index is 2.48. The van der Waals surface area contributed by atoms with Crippen molar-refractivity contribution in [1.29, 1.82) is 0 Å². The van der Waals surface area contributed by atoms with E-state index in [4.69, 9.17) is 0 Å². The van der Waals surface area contributed by atoms with Gasteiger partial charge in [0.15, 0.2) is 0 Å². The van der Waals surface area contributed by atoms with Crippen LogP contribution < -0.4 is 0 Å². The van der Waals surface area contributed by atoms with Crippen molar-refractivity contribution in [3.8, 4) is 55.6 Å². The summed E-state index contributed by atoms with van der Waals surface area (Å²) in [6.45, 7) is 0. The highest BCUT2D eigenvalue weighted by atomic mass is 14.9. The first kappa shape index (κ1) is 27.7. The van der Waals surface area contributed by atoms with Gasteiger partial charge in [-0.3, -0.25) is 0 Å². The van der Waals surface area contributed by atoms with E-state index in [1.54, 1.807) is 0 Å². The Morgan fingerprint density at radius 1 is 0.224 bits per heavy atom. The molecule has 0 radical (unpaired) electrons. The van der Waals surface area contributed by atoms with Crippen molar-refractivity contribution >= 4 is 38.1 Å². The third kappa shape index (κ3) is 4.55. The second-order valence-electron chi connectivity index (χ2n) is 13.0. The smallest absolute Gasteiger partial charge is 0.0620 e. The number of fused-ring (bicyclic) bond motifs is 6. The highest BCUT2D eigenvalue weighted by Gasteiger charge is 2.20. The van der Waals surface area contributed by atoms with Crippen LogP contribution in [0.25, 0.3) is 93.7 Å². The van der Waals surface area contributed by atoms with Gasteiger partial charge in [0.1, 0.15) is 0 Å². The molecule has 0 saturated heterocycles. The molecule has 0 spiro atoms. The number of aromatic nitrogens is 1. The van der Waals surface area contributed by atoms with Crippen LogP contribution in [0.1, 0.15) is 0 Å². The van der Waals surface area contributed by atoms with Crippen molar-refractivity contribution in [3.05, 3.63) is 188 Å².